The molecule has 0 N–H and O–H groups in total. The Labute approximate surface area is 99.7 Å². The van der Waals surface area contributed by atoms with E-state index in [1.54, 1.807) is 7.05 Å². The molecular weight excluding hydrogens is 257 g/mol. The molecule has 1 unspecified atom stereocenters. The molecule has 0 radical (unpaired) electrons. The number of likely N-dealkylation sites (N-methyl/N-ethyl adjacent to an activating group) is 1. The van der Waals surface area contributed by atoms with E-state index in [-0.39, 0.29) is 4.71 Å². The number of allylic oxidation sites excluding steroid dienone is 2. The Morgan fingerprint density at radius 2 is 2.19 bits per heavy atom. The molecule has 0 aromatic carbocycles. The number of aliphatic imine (C=N–C) groups is 1. The summed E-state index contributed by atoms with van der Waals surface area (Å²) in [6.07, 6.45) is -0.173. The lowest BCUT2D eigenvalue weighted by Gasteiger charge is -2.22. The van der Waals surface area contributed by atoms with Crippen LogP contribution in [0.5, 0.6) is 0 Å². The summed E-state index contributed by atoms with van der Waals surface area (Å²) in [5.74, 6) is 0.623. The molecule has 0 spiro atoms. The van der Waals surface area contributed by atoms with Crippen LogP contribution in [-0.4, -0.2) is 34.9 Å². The summed E-state index contributed by atoms with van der Waals surface area (Å²) in [7, 11) is 1.58. The van der Waals surface area contributed by atoms with Crippen molar-refractivity contribution in [3.8, 4) is 0 Å². The van der Waals surface area contributed by atoms with Gasteiger partial charge in [0, 0.05) is 13.2 Å². The van der Waals surface area contributed by atoms with Crippen LogP contribution >= 0.6 is 23.5 Å². The van der Waals surface area contributed by atoms with Gasteiger partial charge in [0.15, 0.2) is 0 Å². The molecule has 2 aliphatic heterocycles. The number of rotatable bonds is 1. The van der Waals surface area contributed by atoms with E-state index < -0.39 is 11.7 Å². The van der Waals surface area contributed by atoms with Gasteiger partial charge in [-0.1, -0.05) is 11.8 Å². The number of alkyl halides is 3. The van der Waals surface area contributed by atoms with E-state index in [2.05, 4.69) is 4.99 Å². The molecule has 0 aromatic heterocycles. The average molecular weight is 266 g/mol. The second-order valence-corrected chi connectivity index (χ2v) is 5.65. The SMILES string of the molecule is CSC1N=C2C(=CC(C(F)(F)F)=CN2C)S1. The molecule has 1 atom stereocenters. The third-order valence-corrected chi connectivity index (χ3v) is 4.39. The van der Waals surface area contributed by atoms with Crippen LogP contribution in [0.1, 0.15) is 0 Å². The largest absolute Gasteiger partial charge is 0.417 e. The first-order valence-electron chi connectivity index (χ1n) is 4.43. The van der Waals surface area contributed by atoms with E-state index in [1.807, 2.05) is 6.26 Å². The Bertz CT molecular complexity index is 398. The van der Waals surface area contributed by atoms with Gasteiger partial charge in [0.05, 0.1) is 10.5 Å². The van der Waals surface area contributed by atoms with Crippen LogP contribution in [0.2, 0.25) is 0 Å². The predicted molar refractivity (Wildman–Crippen MR) is 62.3 cm³/mol. The van der Waals surface area contributed by atoms with Crippen LogP contribution in [0.25, 0.3) is 0 Å². The van der Waals surface area contributed by atoms with Crippen molar-refractivity contribution in [1.82, 2.24) is 4.90 Å². The lowest BCUT2D eigenvalue weighted by Crippen LogP contribution is -2.27. The van der Waals surface area contributed by atoms with Crippen LogP contribution in [0, 0.1) is 0 Å². The molecule has 2 nitrogen and oxygen atoms in total. The van der Waals surface area contributed by atoms with Crippen molar-refractivity contribution in [1.29, 1.82) is 0 Å². The van der Waals surface area contributed by atoms with E-state index in [4.69, 9.17) is 0 Å². The average Bonchev–Trinajstić information content (AvgIpc) is 2.59. The zero-order valence-electron chi connectivity index (χ0n) is 8.58. The molecule has 0 bridgehead atoms. The Balaban J connectivity index is 2.32. The standard InChI is InChI=1S/C9H9F3N2S2/c1-14-4-5(9(10,11)12)3-6-7(14)13-8(15-2)16-6/h3-4,8H,1-2H3. The normalized spacial score (nSPS) is 24.9. The van der Waals surface area contributed by atoms with Gasteiger partial charge in [-0.3, -0.25) is 0 Å². The minimum Gasteiger partial charge on any atom is -0.335 e. The van der Waals surface area contributed by atoms with Gasteiger partial charge in [0.1, 0.15) is 10.5 Å². The molecule has 16 heavy (non-hydrogen) atoms. The van der Waals surface area contributed by atoms with Crippen molar-refractivity contribution < 1.29 is 13.2 Å². The van der Waals surface area contributed by atoms with Gasteiger partial charge in [0.2, 0.25) is 0 Å². The molecule has 0 saturated carbocycles. The fraction of sp³-hybridized carbons (Fsp3) is 0.444. The third-order valence-electron chi connectivity index (χ3n) is 2.16. The van der Waals surface area contributed by atoms with E-state index >= 15 is 0 Å². The second kappa shape index (κ2) is 4.03. The van der Waals surface area contributed by atoms with Crippen molar-refractivity contribution >= 4 is 29.4 Å². The molecule has 0 aliphatic carbocycles. The van der Waals surface area contributed by atoms with Crippen molar-refractivity contribution in [2.45, 2.75) is 10.9 Å². The zero-order chi connectivity index (χ0) is 11.9. The number of halogens is 3. The lowest BCUT2D eigenvalue weighted by molar-refractivity contribution is -0.0890. The number of thioether (sulfide) groups is 2. The van der Waals surface area contributed by atoms with Gasteiger partial charge < -0.3 is 4.90 Å². The lowest BCUT2D eigenvalue weighted by atomic mass is 10.2. The molecule has 2 aliphatic rings. The van der Waals surface area contributed by atoms with Gasteiger partial charge in [-0.2, -0.15) is 13.2 Å². The zero-order valence-corrected chi connectivity index (χ0v) is 10.2. The summed E-state index contributed by atoms with van der Waals surface area (Å²) in [6, 6.07) is 0. The second-order valence-electron chi connectivity index (χ2n) is 3.31. The number of nitrogens with zero attached hydrogens (tertiary/aromatic N) is 2. The quantitative estimate of drug-likeness (QED) is 0.725. The van der Waals surface area contributed by atoms with Crippen molar-refractivity contribution in [2.75, 3.05) is 13.3 Å². The molecule has 0 aromatic rings. The van der Waals surface area contributed by atoms with Gasteiger partial charge in [-0.15, -0.1) is 11.8 Å². The summed E-state index contributed by atoms with van der Waals surface area (Å²) < 4.78 is 37.6. The summed E-state index contributed by atoms with van der Waals surface area (Å²) >= 11 is 2.87. The Kier molecular flexibility index (Phi) is 3.00. The first kappa shape index (κ1) is 11.9. The minimum atomic E-state index is -4.30. The number of hydrogen-bond donors (Lipinski definition) is 0. The highest BCUT2D eigenvalue weighted by Gasteiger charge is 2.37. The first-order valence-corrected chi connectivity index (χ1v) is 6.60. The Hall–Kier alpha value is -0.560. The molecular formula is C9H9F3N2S2. The van der Waals surface area contributed by atoms with Gasteiger partial charge in [-0.25, -0.2) is 4.99 Å². The van der Waals surface area contributed by atoms with Gasteiger partial charge in [0.25, 0.3) is 0 Å². The van der Waals surface area contributed by atoms with Gasteiger partial charge in [-0.05, 0) is 12.3 Å². The van der Waals surface area contributed by atoms with Crippen LogP contribution in [0.4, 0.5) is 13.2 Å². The van der Waals surface area contributed by atoms with Crippen LogP contribution < -0.4 is 0 Å². The minimum absolute atomic E-state index is 0.0373. The van der Waals surface area contributed by atoms with E-state index in [0.29, 0.717) is 10.7 Å². The van der Waals surface area contributed by atoms with Crippen molar-refractivity contribution in [3.63, 3.8) is 0 Å². The summed E-state index contributed by atoms with van der Waals surface area (Å²) in [6.45, 7) is 0. The molecule has 0 fully saturated rings. The maximum Gasteiger partial charge on any atom is 0.417 e. The van der Waals surface area contributed by atoms with Crippen molar-refractivity contribution in [3.05, 3.63) is 22.8 Å². The molecule has 0 saturated heterocycles. The van der Waals surface area contributed by atoms with Gasteiger partial charge >= 0.3 is 6.18 Å². The molecule has 88 valence electrons. The van der Waals surface area contributed by atoms with Crippen LogP contribution in [-0.2, 0) is 0 Å². The summed E-state index contributed by atoms with van der Waals surface area (Å²) in [5.41, 5.74) is -0.627. The first-order chi connectivity index (χ1) is 7.41. The summed E-state index contributed by atoms with van der Waals surface area (Å²) in [4.78, 5) is 6.34. The van der Waals surface area contributed by atoms with E-state index in [1.165, 1.54) is 34.5 Å². The highest BCUT2D eigenvalue weighted by atomic mass is 32.2. The van der Waals surface area contributed by atoms with Crippen LogP contribution in [0.3, 0.4) is 0 Å². The fourth-order valence-corrected chi connectivity index (χ4v) is 3.19. The highest BCUT2D eigenvalue weighted by molar-refractivity contribution is 8.19. The number of fused-ring (bicyclic) bond motifs is 1. The molecule has 7 heteroatoms. The number of amidine groups is 1. The maximum atomic E-state index is 12.6. The Morgan fingerprint density at radius 3 is 2.75 bits per heavy atom. The monoisotopic (exact) mass is 266 g/mol. The Morgan fingerprint density at radius 1 is 1.50 bits per heavy atom. The van der Waals surface area contributed by atoms with Crippen molar-refractivity contribution in [2.24, 2.45) is 4.99 Å². The molecule has 2 heterocycles. The molecule has 0 amide bonds. The van der Waals surface area contributed by atoms with Crippen LogP contribution in [0.15, 0.2) is 27.7 Å². The van der Waals surface area contributed by atoms with E-state index in [0.717, 1.165) is 6.20 Å². The summed E-state index contributed by atoms with van der Waals surface area (Å²) in [5, 5.41) is 0. The number of hydrogen-bond acceptors (Lipinski definition) is 4. The smallest absolute Gasteiger partial charge is 0.335 e. The third kappa shape index (κ3) is 2.10. The molecule has 2 rings (SSSR count). The van der Waals surface area contributed by atoms with E-state index in [9.17, 15) is 13.2 Å². The topological polar surface area (TPSA) is 15.6 Å². The highest BCUT2D eigenvalue weighted by Crippen LogP contribution is 2.42. The fourth-order valence-electron chi connectivity index (χ4n) is 1.42. The maximum absolute atomic E-state index is 12.6. The predicted octanol–water partition coefficient (Wildman–Crippen LogP) is 3.05.